The Bertz CT molecular complexity index is 881. The van der Waals surface area contributed by atoms with Crippen LogP contribution in [0, 0.1) is 0 Å². The lowest BCUT2D eigenvalue weighted by Crippen LogP contribution is -2.11. The number of rotatable bonds is 1. The van der Waals surface area contributed by atoms with E-state index >= 15 is 0 Å². The van der Waals surface area contributed by atoms with Crippen LogP contribution in [0.4, 0.5) is 5.69 Å². The zero-order valence-corrected chi connectivity index (χ0v) is 11.8. The summed E-state index contributed by atoms with van der Waals surface area (Å²) in [6.07, 6.45) is 0. The van der Waals surface area contributed by atoms with Crippen LogP contribution in [-0.2, 0) is 0 Å². The van der Waals surface area contributed by atoms with E-state index in [1.165, 1.54) is 11.1 Å². The van der Waals surface area contributed by atoms with Crippen molar-refractivity contribution in [3.05, 3.63) is 64.4 Å². The molecule has 0 aliphatic carbocycles. The number of aromatic nitrogens is 1. The van der Waals surface area contributed by atoms with Crippen LogP contribution in [0.1, 0.15) is 18.4 Å². The number of pyridine rings is 1. The molecule has 3 heteroatoms. The van der Waals surface area contributed by atoms with Crippen LogP contribution in [0.2, 0.25) is 0 Å². The number of H-pyrrole nitrogens is 1. The maximum absolute atomic E-state index is 12.1. The third kappa shape index (κ3) is 1.85. The molecule has 0 saturated carbocycles. The molecule has 0 fully saturated rings. The third-order valence-electron chi connectivity index (χ3n) is 4.24. The molecular formula is C18H16N2O. The predicted molar refractivity (Wildman–Crippen MR) is 86.9 cm³/mol. The fraction of sp³-hybridized carbons (Fsp3) is 0.167. The lowest BCUT2D eigenvalue weighted by Gasteiger charge is -2.10. The quantitative estimate of drug-likeness (QED) is 0.711. The van der Waals surface area contributed by atoms with Gasteiger partial charge in [-0.25, -0.2) is 0 Å². The number of anilines is 1. The smallest absolute Gasteiger partial charge is 0.272 e. The van der Waals surface area contributed by atoms with Gasteiger partial charge in [0.25, 0.3) is 5.56 Å². The molecule has 1 aromatic heterocycles. The Balaban J connectivity index is 2.02. The van der Waals surface area contributed by atoms with E-state index in [2.05, 4.69) is 41.5 Å². The molecule has 0 saturated heterocycles. The van der Waals surface area contributed by atoms with Gasteiger partial charge in [0.2, 0.25) is 0 Å². The van der Waals surface area contributed by atoms with Gasteiger partial charge in [-0.15, -0.1) is 0 Å². The molecule has 0 radical (unpaired) electrons. The van der Waals surface area contributed by atoms with Crippen molar-refractivity contribution in [1.82, 2.24) is 4.98 Å². The molecule has 2 aromatic carbocycles. The molecule has 0 spiro atoms. The van der Waals surface area contributed by atoms with Gasteiger partial charge in [0, 0.05) is 23.4 Å². The van der Waals surface area contributed by atoms with E-state index in [1.807, 2.05) is 24.3 Å². The highest BCUT2D eigenvalue weighted by Crippen LogP contribution is 2.35. The zero-order chi connectivity index (χ0) is 14.4. The molecule has 1 atom stereocenters. The summed E-state index contributed by atoms with van der Waals surface area (Å²) in [4.78, 5) is 15.1. The fourth-order valence-corrected chi connectivity index (χ4v) is 3.17. The van der Waals surface area contributed by atoms with Gasteiger partial charge in [0.1, 0.15) is 5.69 Å². The van der Waals surface area contributed by atoms with Crippen LogP contribution in [0.15, 0.2) is 53.3 Å². The van der Waals surface area contributed by atoms with Crippen molar-refractivity contribution in [2.45, 2.75) is 12.8 Å². The fourth-order valence-electron chi connectivity index (χ4n) is 3.17. The van der Waals surface area contributed by atoms with Crippen LogP contribution in [0.25, 0.3) is 22.0 Å². The number of hydrogen-bond acceptors (Lipinski definition) is 2. The van der Waals surface area contributed by atoms with Crippen molar-refractivity contribution < 1.29 is 0 Å². The molecule has 0 amide bonds. The predicted octanol–water partition coefficient (Wildman–Crippen LogP) is 3.72. The van der Waals surface area contributed by atoms with Gasteiger partial charge in [0.05, 0.1) is 0 Å². The highest BCUT2D eigenvalue weighted by molar-refractivity contribution is 5.91. The lowest BCUT2D eigenvalue weighted by atomic mass is 9.96. The molecule has 1 aliphatic rings. The molecule has 2 heterocycles. The summed E-state index contributed by atoms with van der Waals surface area (Å²) in [5.74, 6) is 0.357. The van der Waals surface area contributed by atoms with Gasteiger partial charge >= 0.3 is 0 Å². The van der Waals surface area contributed by atoms with Crippen molar-refractivity contribution in [3.63, 3.8) is 0 Å². The minimum absolute atomic E-state index is 0.0192. The Morgan fingerprint density at radius 2 is 1.86 bits per heavy atom. The largest absolute Gasteiger partial charge is 0.380 e. The molecule has 21 heavy (non-hydrogen) atoms. The van der Waals surface area contributed by atoms with Crippen molar-refractivity contribution in [3.8, 4) is 11.1 Å². The van der Waals surface area contributed by atoms with E-state index in [9.17, 15) is 4.79 Å². The van der Waals surface area contributed by atoms with Crippen LogP contribution >= 0.6 is 0 Å². The van der Waals surface area contributed by atoms with E-state index in [0.717, 1.165) is 28.7 Å². The van der Waals surface area contributed by atoms with Crippen LogP contribution in [-0.4, -0.2) is 11.5 Å². The molecule has 4 rings (SSSR count). The summed E-state index contributed by atoms with van der Waals surface area (Å²) in [5, 5.41) is 4.37. The molecular weight excluding hydrogens is 260 g/mol. The summed E-state index contributed by atoms with van der Waals surface area (Å²) in [6.45, 7) is 2.99. The summed E-state index contributed by atoms with van der Waals surface area (Å²) < 4.78 is 0. The van der Waals surface area contributed by atoms with Crippen LogP contribution < -0.4 is 10.9 Å². The first-order valence-electron chi connectivity index (χ1n) is 7.23. The summed E-state index contributed by atoms with van der Waals surface area (Å²) in [7, 11) is 0. The Kier molecular flexibility index (Phi) is 2.61. The van der Waals surface area contributed by atoms with Gasteiger partial charge in [-0.3, -0.25) is 4.79 Å². The topological polar surface area (TPSA) is 44.9 Å². The number of fused-ring (bicyclic) bond motifs is 3. The average Bonchev–Trinajstić information content (AvgIpc) is 2.91. The molecule has 3 nitrogen and oxygen atoms in total. The number of benzene rings is 2. The standard InChI is InChI=1S/C18H16N2O/c1-11-10-19-17-16(11)14-9-13(12-5-3-2-4-6-12)7-8-15(14)20-18(17)21/h2-9,11,19H,10H2,1H3,(H,20,21). The van der Waals surface area contributed by atoms with Crippen molar-refractivity contribution in [2.75, 3.05) is 11.9 Å². The monoisotopic (exact) mass is 276 g/mol. The van der Waals surface area contributed by atoms with Crippen molar-refractivity contribution in [1.29, 1.82) is 0 Å². The van der Waals surface area contributed by atoms with Gasteiger partial charge in [-0.1, -0.05) is 43.3 Å². The highest BCUT2D eigenvalue weighted by Gasteiger charge is 2.23. The second kappa shape index (κ2) is 4.48. The van der Waals surface area contributed by atoms with Crippen LogP contribution in [0.5, 0.6) is 0 Å². The first-order valence-corrected chi connectivity index (χ1v) is 7.23. The number of hydrogen-bond donors (Lipinski definition) is 2. The minimum atomic E-state index is -0.0192. The minimum Gasteiger partial charge on any atom is -0.380 e. The molecule has 3 aromatic rings. The van der Waals surface area contributed by atoms with Crippen molar-refractivity contribution in [2.24, 2.45) is 0 Å². The summed E-state index contributed by atoms with van der Waals surface area (Å²) in [5.41, 5.74) is 5.14. The third-order valence-corrected chi connectivity index (χ3v) is 4.24. The second-order valence-electron chi connectivity index (χ2n) is 5.65. The Morgan fingerprint density at radius 1 is 1.05 bits per heavy atom. The van der Waals surface area contributed by atoms with Gasteiger partial charge in [0.15, 0.2) is 0 Å². The van der Waals surface area contributed by atoms with E-state index < -0.39 is 0 Å². The number of nitrogens with one attached hydrogen (secondary N) is 2. The van der Waals surface area contributed by atoms with Gasteiger partial charge < -0.3 is 10.3 Å². The van der Waals surface area contributed by atoms with E-state index in [-0.39, 0.29) is 5.56 Å². The number of aromatic amines is 1. The summed E-state index contributed by atoms with van der Waals surface area (Å²) in [6, 6.07) is 16.6. The highest BCUT2D eigenvalue weighted by atomic mass is 16.1. The van der Waals surface area contributed by atoms with Crippen LogP contribution in [0.3, 0.4) is 0 Å². The Labute approximate surface area is 122 Å². The Morgan fingerprint density at radius 3 is 2.67 bits per heavy atom. The average molecular weight is 276 g/mol. The van der Waals surface area contributed by atoms with Gasteiger partial charge in [-0.05, 0) is 28.8 Å². The SMILES string of the molecule is CC1CNc2c1c1cc(-c3ccccc3)ccc1[nH]c2=O. The maximum atomic E-state index is 12.1. The lowest BCUT2D eigenvalue weighted by molar-refractivity contribution is 0.860. The van der Waals surface area contributed by atoms with Gasteiger partial charge in [-0.2, -0.15) is 0 Å². The molecule has 2 N–H and O–H groups in total. The zero-order valence-electron chi connectivity index (χ0n) is 11.8. The second-order valence-corrected chi connectivity index (χ2v) is 5.65. The first-order chi connectivity index (χ1) is 10.2. The maximum Gasteiger partial charge on any atom is 0.272 e. The van der Waals surface area contributed by atoms with E-state index in [1.54, 1.807) is 0 Å². The molecule has 0 bridgehead atoms. The molecule has 1 aliphatic heterocycles. The first kappa shape index (κ1) is 12.2. The van der Waals surface area contributed by atoms with E-state index in [4.69, 9.17) is 0 Å². The molecule has 104 valence electrons. The van der Waals surface area contributed by atoms with E-state index in [0.29, 0.717) is 5.92 Å². The molecule has 1 unspecified atom stereocenters. The normalized spacial score (nSPS) is 16.7. The Hall–Kier alpha value is -2.55. The van der Waals surface area contributed by atoms with Crippen molar-refractivity contribution >= 4 is 16.6 Å². The summed E-state index contributed by atoms with van der Waals surface area (Å²) >= 11 is 0.